The third kappa shape index (κ3) is 2.42. The molecule has 0 amide bonds. The minimum Gasteiger partial charge on any atom is -0.456 e. The predicted molar refractivity (Wildman–Crippen MR) is 60.3 cm³/mol. The molecule has 1 saturated heterocycles. The number of carbonyl (C=O) groups is 1. The van der Waals surface area contributed by atoms with Gasteiger partial charge in [0.1, 0.15) is 6.10 Å². The summed E-state index contributed by atoms with van der Waals surface area (Å²) in [6, 6.07) is 9.07. The summed E-state index contributed by atoms with van der Waals surface area (Å²) in [5.74, 6) is -0.255. The monoisotopic (exact) mass is 220 g/mol. The lowest BCUT2D eigenvalue weighted by Crippen LogP contribution is -2.26. The number of benzene rings is 1. The minimum atomic E-state index is -0.255. The minimum absolute atomic E-state index is 0.0627. The lowest BCUT2D eigenvalue weighted by Gasteiger charge is -2.17. The van der Waals surface area contributed by atoms with Crippen LogP contribution >= 0.6 is 0 Å². The average Bonchev–Trinajstić information content (AvgIpc) is 2.77. The highest BCUT2D eigenvalue weighted by molar-refractivity contribution is 5.89. The molecule has 1 fully saturated rings. The third-order valence-corrected chi connectivity index (χ3v) is 2.82. The Morgan fingerprint density at radius 2 is 2.19 bits per heavy atom. The first-order valence-electron chi connectivity index (χ1n) is 5.69. The van der Waals surface area contributed by atoms with Gasteiger partial charge in [0.05, 0.1) is 18.3 Å². The quantitative estimate of drug-likeness (QED) is 0.734. The summed E-state index contributed by atoms with van der Waals surface area (Å²) in [7, 11) is 0. The van der Waals surface area contributed by atoms with E-state index in [0.717, 1.165) is 12.8 Å². The van der Waals surface area contributed by atoms with Gasteiger partial charge in [-0.15, -0.1) is 0 Å². The first kappa shape index (κ1) is 11.1. The molecule has 1 aromatic rings. The average molecular weight is 220 g/mol. The van der Waals surface area contributed by atoms with E-state index >= 15 is 0 Å². The Labute approximate surface area is 95.4 Å². The van der Waals surface area contributed by atoms with E-state index in [4.69, 9.17) is 9.47 Å². The smallest absolute Gasteiger partial charge is 0.338 e. The van der Waals surface area contributed by atoms with E-state index in [-0.39, 0.29) is 18.2 Å². The molecule has 3 heteroatoms. The second-order valence-corrected chi connectivity index (χ2v) is 3.92. The van der Waals surface area contributed by atoms with Gasteiger partial charge in [-0.2, -0.15) is 0 Å². The zero-order valence-electron chi connectivity index (χ0n) is 9.39. The van der Waals surface area contributed by atoms with Gasteiger partial charge in [-0.3, -0.25) is 0 Å². The van der Waals surface area contributed by atoms with E-state index in [1.165, 1.54) is 0 Å². The van der Waals surface area contributed by atoms with E-state index in [9.17, 15) is 4.79 Å². The Morgan fingerprint density at radius 1 is 1.44 bits per heavy atom. The topological polar surface area (TPSA) is 35.5 Å². The van der Waals surface area contributed by atoms with Gasteiger partial charge in [0.15, 0.2) is 0 Å². The van der Waals surface area contributed by atoms with Crippen LogP contribution in [0.3, 0.4) is 0 Å². The van der Waals surface area contributed by atoms with Crippen LogP contribution in [0.15, 0.2) is 30.3 Å². The lowest BCUT2D eigenvalue weighted by molar-refractivity contribution is -0.000355. The highest BCUT2D eigenvalue weighted by Gasteiger charge is 2.30. The molecule has 0 N–H and O–H groups in total. The Bertz CT molecular complexity index is 347. The molecule has 0 bridgehead atoms. The van der Waals surface area contributed by atoms with Crippen LogP contribution in [-0.4, -0.2) is 24.8 Å². The molecule has 2 rings (SSSR count). The van der Waals surface area contributed by atoms with E-state index in [0.29, 0.717) is 12.2 Å². The summed E-state index contributed by atoms with van der Waals surface area (Å²) in [6.45, 7) is 2.73. The molecule has 16 heavy (non-hydrogen) atoms. The number of esters is 1. The standard InChI is InChI=1S/C13H16O3/c1-2-11-12(8-9-15-11)16-13(14)10-6-4-3-5-7-10/h3-7,11-12H,2,8-9H2,1H3/t11-,12+/m0/s1. The maximum absolute atomic E-state index is 11.8. The Morgan fingerprint density at radius 3 is 2.88 bits per heavy atom. The van der Waals surface area contributed by atoms with Gasteiger partial charge in [0.25, 0.3) is 0 Å². The SMILES string of the molecule is CC[C@@H]1OCC[C@H]1OC(=O)c1ccccc1. The van der Waals surface area contributed by atoms with Crippen LogP contribution in [0, 0.1) is 0 Å². The molecule has 1 heterocycles. The van der Waals surface area contributed by atoms with Gasteiger partial charge >= 0.3 is 5.97 Å². The predicted octanol–water partition coefficient (Wildman–Crippen LogP) is 2.41. The highest BCUT2D eigenvalue weighted by Crippen LogP contribution is 2.20. The van der Waals surface area contributed by atoms with Crippen LogP contribution in [0.5, 0.6) is 0 Å². The Kier molecular flexibility index (Phi) is 3.57. The molecule has 1 aliphatic rings. The van der Waals surface area contributed by atoms with Crippen molar-refractivity contribution in [3.05, 3.63) is 35.9 Å². The third-order valence-electron chi connectivity index (χ3n) is 2.82. The van der Waals surface area contributed by atoms with Gasteiger partial charge in [-0.25, -0.2) is 4.79 Å². The van der Waals surface area contributed by atoms with Crippen LogP contribution in [0.1, 0.15) is 30.1 Å². The molecule has 0 radical (unpaired) electrons. The molecule has 2 atom stereocenters. The van der Waals surface area contributed by atoms with Crippen molar-refractivity contribution >= 4 is 5.97 Å². The fraction of sp³-hybridized carbons (Fsp3) is 0.462. The fourth-order valence-electron chi connectivity index (χ4n) is 1.92. The van der Waals surface area contributed by atoms with Crippen molar-refractivity contribution < 1.29 is 14.3 Å². The summed E-state index contributed by atoms with van der Waals surface area (Å²) in [5.41, 5.74) is 0.601. The first-order chi connectivity index (χ1) is 7.81. The summed E-state index contributed by atoms with van der Waals surface area (Å²) in [6.07, 6.45) is 1.66. The molecule has 0 spiro atoms. The van der Waals surface area contributed by atoms with E-state index in [2.05, 4.69) is 0 Å². The van der Waals surface area contributed by atoms with E-state index in [1.807, 2.05) is 25.1 Å². The van der Waals surface area contributed by atoms with Crippen molar-refractivity contribution in [1.29, 1.82) is 0 Å². The van der Waals surface area contributed by atoms with Gasteiger partial charge in [-0.05, 0) is 18.6 Å². The summed E-state index contributed by atoms with van der Waals surface area (Å²) in [5, 5.41) is 0. The van der Waals surface area contributed by atoms with Gasteiger partial charge in [-0.1, -0.05) is 25.1 Å². The maximum Gasteiger partial charge on any atom is 0.338 e. The maximum atomic E-state index is 11.8. The van der Waals surface area contributed by atoms with E-state index in [1.54, 1.807) is 12.1 Å². The summed E-state index contributed by atoms with van der Waals surface area (Å²) in [4.78, 5) is 11.8. The number of hydrogen-bond acceptors (Lipinski definition) is 3. The second kappa shape index (κ2) is 5.12. The van der Waals surface area contributed by atoms with Crippen LogP contribution in [0.25, 0.3) is 0 Å². The molecule has 86 valence electrons. The second-order valence-electron chi connectivity index (χ2n) is 3.92. The summed E-state index contributed by atoms with van der Waals surface area (Å²) < 4.78 is 10.9. The molecule has 0 unspecified atom stereocenters. The fourth-order valence-corrected chi connectivity index (χ4v) is 1.92. The van der Waals surface area contributed by atoms with Crippen LogP contribution in [0.2, 0.25) is 0 Å². The number of carbonyl (C=O) groups excluding carboxylic acids is 1. The summed E-state index contributed by atoms with van der Waals surface area (Å²) >= 11 is 0. The molecular weight excluding hydrogens is 204 g/mol. The van der Waals surface area contributed by atoms with Crippen molar-refractivity contribution in [2.45, 2.75) is 32.0 Å². The number of rotatable bonds is 3. The highest BCUT2D eigenvalue weighted by atomic mass is 16.6. The van der Waals surface area contributed by atoms with Gasteiger partial charge < -0.3 is 9.47 Å². The van der Waals surface area contributed by atoms with Crippen molar-refractivity contribution in [1.82, 2.24) is 0 Å². The molecule has 0 saturated carbocycles. The zero-order valence-corrected chi connectivity index (χ0v) is 9.39. The van der Waals surface area contributed by atoms with E-state index < -0.39 is 0 Å². The van der Waals surface area contributed by atoms with Gasteiger partial charge in [0.2, 0.25) is 0 Å². The molecular formula is C13H16O3. The van der Waals surface area contributed by atoms with Gasteiger partial charge in [0, 0.05) is 6.42 Å². The Hall–Kier alpha value is -1.35. The van der Waals surface area contributed by atoms with Crippen LogP contribution in [-0.2, 0) is 9.47 Å². The number of ether oxygens (including phenoxy) is 2. The number of hydrogen-bond donors (Lipinski definition) is 0. The molecule has 1 aromatic carbocycles. The lowest BCUT2D eigenvalue weighted by atomic mass is 10.1. The Balaban J connectivity index is 1.97. The van der Waals surface area contributed by atoms with Crippen LogP contribution < -0.4 is 0 Å². The van der Waals surface area contributed by atoms with Crippen molar-refractivity contribution in [2.75, 3.05) is 6.61 Å². The zero-order chi connectivity index (χ0) is 11.4. The molecule has 0 aliphatic carbocycles. The molecule has 0 aromatic heterocycles. The first-order valence-corrected chi connectivity index (χ1v) is 5.69. The van der Waals surface area contributed by atoms with Crippen molar-refractivity contribution in [3.8, 4) is 0 Å². The van der Waals surface area contributed by atoms with Crippen molar-refractivity contribution in [3.63, 3.8) is 0 Å². The van der Waals surface area contributed by atoms with Crippen molar-refractivity contribution in [2.24, 2.45) is 0 Å². The van der Waals surface area contributed by atoms with Crippen LogP contribution in [0.4, 0.5) is 0 Å². The molecule has 3 nitrogen and oxygen atoms in total. The largest absolute Gasteiger partial charge is 0.456 e. The molecule has 1 aliphatic heterocycles. The normalized spacial score (nSPS) is 24.3.